The zero-order valence-electron chi connectivity index (χ0n) is 4.94. The van der Waals surface area contributed by atoms with Crippen LogP contribution >= 0.6 is 0 Å². The van der Waals surface area contributed by atoms with Crippen molar-refractivity contribution in [2.45, 2.75) is 13.1 Å². The van der Waals surface area contributed by atoms with Crippen LogP contribution in [0.3, 0.4) is 0 Å². The second-order valence-corrected chi connectivity index (χ2v) is 1.73. The van der Waals surface area contributed by atoms with E-state index in [1.54, 1.807) is 0 Å². The van der Waals surface area contributed by atoms with E-state index >= 15 is 0 Å². The van der Waals surface area contributed by atoms with Crippen molar-refractivity contribution in [3.05, 3.63) is 17.7 Å². The molecular weight excluding hydrogens is 145 g/mol. The zero-order valence-corrected chi connectivity index (χ0v) is 4.94. The van der Waals surface area contributed by atoms with Crippen LogP contribution in [0.2, 0.25) is 0 Å². The average Bonchev–Trinajstić information content (AvgIpc) is 2.34. The molecule has 0 unspecified atom stereocenters. The van der Waals surface area contributed by atoms with Crippen LogP contribution in [0, 0.1) is 0 Å². The summed E-state index contributed by atoms with van der Waals surface area (Å²) in [6, 6.07) is 0. The van der Waals surface area contributed by atoms with Gasteiger partial charge in [-0.15, -0.1) is 0 Å². The molecule has 0 saturated carbocycles. The molecule has 2 nitrogen and oxygen atoms in total. The fourth-order valence-electron chi connectivity index (χ4n) is 0.555. The van der Waals surface area contributed by atoms with Gasteiger partial charge in [0.1, 0.15) is 6.67 Å². The number of hydrogen-bond donors (Lipinski definition) is 1. The number of rotatable bonds is 2. The minimum atomic E-state index is -2.65. The van der Waals surface area contributed by atoms with Crippen molar-refractivity contribution in [2.24, 2.45) is 0 Å². The first-order valence-corrected chi connectivity index (χ1v) is 2.62. The molecule has 0 radical (unpaired) electrons. The van der Waals surface area contributed by atoms with E-state index in [0.717, 1.165) is 6.20 Å². The summed E-state index contributed by atoms with van der Waals surface area (Å²) in [6.45, 7) is -0.792. The molecule has 1 aromatic rings. The predicted molar refractivity (Wildman–Crippen MR) is 28.4 cm³/mol. The first kappa shape index (κ1) is 7.11. The van der Waals surface area contributed by atoms with Crippen LogP contribution < -0.4 is 0 Å². The second-order valence-electron chi connectivity index (χ2n) is 1.73. The quantitative estimate of drug-likeness (QED) is 0.684. The summed E-state index contributed by atoms with van der Waals surface area (Å²) in [5.41, 5.74) is 0.0790. The Bertz CT molecular complexity index is 208. The number of alkyl halides is 3. The van der Waals surface area contributed by atoms with Crippen molar-refractivity contribution in [1.29, 1.82) is 0 Å². The fourth-order valence-corrected chi connectivity index (χ4v) is 0.555. The molecule has 5 heteroatoms. The molecule has 1 aromatic heterocycles. The Morgan fingerprint density at radius 2 is 2.30 bits per heavy atom. The SMILES string of the molecule is FCc1cnc(C(F)F)[nH]1. The molecular formula is C5H5F3N2. The van der Waals surface area contributed by atoms with Crippen molar-refractivity contribution in [1.82, 2.24) is 9.97 Å². The molecule has 1 rings (SSSR count). The summed E-state index contributed by atoms with van der Waals surface area (Å²) < 4.78 is 35.1. The number of hydrogen-bond acceptors (Lipinski definition) is 1. The van der Waals surface area contributed by atoms with Crippen LogP contribution in [0.5, 0.6) is 0 Å². The summed E-state index contributed by atoms with van der Waals surface area (Å²) in [7, 11) is 0. The molecule has 1 N–H and O–H groups in total. The number of H-pyrrole nitrogens is 1. The number of aromatic amines is 1. The van der Waals surface area contributed by atoms with Gasteiger partial charge in [0.2, 0.25) is 0 Å². The molecule has 0 aromatic carbocycles. The first-order chi connectivity index (χ1) is 4.74. The van der Waals surface area contributed by atoms with E-state index < -0.39 is 18.9 Å². The molecule has 0 spiro atoms. The monoisotopic (exact) mass is 150 g/mol. The Morgan fingerprint density at radius 1 is 1.60 bits per heavy atom. The van der Waals surface area contributed by atoms with Crippen LogP contribution in [0.15, 0.2) is 6.20 Å². The van der Waals surface area contributed by atoms with Gasteiger partial charge in [-0.2, -0.15) is 0 Å². The van der Waals surface area contributed by atoms with E-state index in [1.165, 1.54) is 0 Å². The first-order valence-electron chi connectivity index (χ1n) is 2.62. The summed E-state index contributed by atoms with van der Waals surface area (Å²) in [5, 5.41) is 0. The number of halogens is 3. The van der Waals surface area contributed by atoms with Gasteiger partial charge in [-0.3, -0.25) is 0 Å². The highest BCUT2D eigenvalue weighted by Gasteiger charge is 2.10. The highest BCUT2D eigenvalue weighted by Crippen LogP contribution is 2.14. The lowest BCUT2D eigenvalue weighted by molar-refractivity contribution is 0.141. The molecule has 0 aliphatic carbocycles. The molecule has 0 aliphatic rings. The van der Waals surface area contributed by atoms with Gasteiger partial charge in [0, 0.05) is 0 Å². The second kappa shape index (κ2) is 2.72. The Morgan fingerprint density at radius 3 is 2.60 bits per heavy atom. The Kier molecular flexibility index (Phi) is 1.94. The normalized spacial score (nSPS) is 10.8. The number of nitrogens with zero attached hydrogens (tertiary/aromatic N) is 1. The van der Waals surface area contributed by atoms with E-state index in [9.17, 15) is 13.2 Å². The van der Waals surface area contributed by atoms with Crippen molar-refractivity contribution in [2.75, 3.05) is 0 Å². The van der Waals surface area contributed by atoms with Crippen LogP contribution in [-0.2, 0) is 6.67 Å². The smallest absolute Gasteiger partial charge is 0.295 e. The number of aromatic nitrogens is 2. The standard InChI is InChI=1S/C5H5F3N2/c6-1-3-2-9-5(10-3)4(7)8/h2,4H,1H2,(H,9,10). The lowest BCUT2D eigenvalue weighted by Gasteiger charge is -1.89. The summed E-state index contributed by atoms with van der Waals surface area (Å²) in [5.74, 6) is -0.479. The molecule has 0 saturated heterocycles. The maximum absolute atomic E-state index is 11.7. The van der Waals surface area contributed by atoms with E-state index in [4.69, 9.17) is 0 Å². The van der Waals surface area contributed by atoms with Crippen LogP contribution in [-0.4, -0.2) is 9.97 Å². The minimum Gasteiger partial charge on any atom is -0.339 e. The number of nitrogens with one attached hydrogen (secondary N) is 1. The van der Waals surface area contributed by atoms with Crippen LogP contribution in [0.25, 0.3) is 0 Å². The molecule has 0 atom stereocenters. The van der Waals surface area contributed by atoms with Crippen molar-refractivity contribution >= 4 is 0 Å². The zero-order chi connectivity index (χ0) is 7.56. The van der Waals surface area contributed by atoms with E-state index in [1.807, 2.05) is 0 Å². The third-order valence-corrected chi connectivity index (χ3v) is 0.999. The molecule has 56 valence electrons. The molecule has 0 amide bonds. The lowest BCUT2D eigenvalue weighted by Crippen LogP contribution is -1.86. The van der Waals surface area contributed by atoms with Crippen molar-refractivity contribution < 1.29 is 13.2 Å². The largest absolute Gasteiger partial charge is 0.339 e. The van der Waals surface area contributed by atoms with Crippen LogP contribution in [0.1, 0.15) is 17.9 Å². The van der Waals surface area contributed by atoms with Gasteiger partial charge in [0.15, 0.2) is 5.82 Å². The van der Waals surface area contributed by atoms with E-state index in [2.05, 4.69) is 9.97 Å². The molecule has 0 fully saturated rings. The number of imidazole rings is 1. The van der Waals surface area contributed by atoms with Crippen molar-refractivity contribution in [3.8, 4) is 0 Å². The Balaban J connectivity index is 2.78. The molecule has 10 heavy (non-hydrogen) atoms. The minimum absolute atomic E-state index is 0.0790. The highest BCUT2D eigenvalue weighted by molar-refractivity contribution is 5.00. The highest BCUT2D eigenvalue weighted by atomic mass is 19.3. The van der Waals surface area contributed by atoms with E-state index in [0.29, 0.717) is 0 Å². The molecule has 1 heterocycles. The maximum atomic E-state index is 11.7. The van der Waals surface area contributed by atoms with Crippen LogP contribution in [0.4, 0.5) is 13.2 Å². The Labute approximate surface area is 55.1 Å². The third kappa shape index (κ3) is 1.29. The molecule has 0 bridgehead atoms. The maximum Gasteiger partial charge on any atom is 0.295 e. The van der Waals surface area contributed by atoms with Gasteiger partial charge in [0.25, 0.3) is 6.43 Å². The van der Waals surface area contributed by atoms with Gasteiger partial charge in [0.05, 0.1) is 11.9 Å². The Hall–Kier alpha value is -1.00. The average molecular weight is 150 g/mol. The lowest BCUT2D eigenvalue weighted by atomic mass is 10.5. The van der Waals surface area contributed by atoms with Crippen molar-refractivity contribution in [3.63, 3.8) is 0 Å². The van der Waals surface area contributed by atoms with Gasteiger partial charge in [-0.05, 0) is 0 Å². The van der Waals surface area contributed by atoms with E-state index in [-0.39, 0.29) is 5.69 Å². The third-order valence-electron chi connectivity index (χ3n) is 0.999. The molecule has 0 aliphatic heterocycles. The predicted octanol–water partition coefficient (Wildman–Crippen LogP) is 1.82. The summed E-state index contributed by atoms with van der Waals surface area (Å²) in [6.07, 6.45) is -1.60. The van der Waals surface area contributed by atoms with Gasteiger partial charge < -0.3 is 4.98 Å². The van der Waals surface area contributed by atoms with Gasteiger partial charge in [-0.25, -0.2) is 18.2 Å². The van der Waals surface area contributed by atoms with Gasteiger partial charge >= 0.3 is 0 Å². The summed E-state index contributed by atoms with van der Waals surface area (Å²) in [4.78, 5) is 5.37. The topological polar surface area (TPSA) is 28.7 Å². The fraction of sp³-hybridized carbons (Fsp3) is 0.400. The summed E-state index contributed by atoms with van der Waals surface area (Å²) >= 11 is 0. The van der Waals surface area contributed by atoms with Gasteiger partial charge in [-0.1, -0.05) is 0 Å².